The summed E-state index contributed by atoms with van der Waals surface area (Å²) in [4.78, 5) is 29.6. The van der Waals surface area contributed by atoms with Crippen LogP contribution in [0.15, 0.2) is 97.5 Å². The first kappa shape index (κ1) is 53.7. The summed E-state index contributed by atoms with van der Waals surface area (Å²) in [7, 11) is 0. The van der Waals surface area contributed by atoms with Crippen LogP contribution in [0, 0.1) is 116 Å². The SMILES string of the molecule is Fc1c(F)c(F)c([B-](c2c(F)c(F)c(F)c(F)c2F)(c2c(F)c(F)c(F)c(F)c2F)c2c(F)c(F)c(F)c(F)c2F)c(F)c1F.O=C(C[n+]1ccnc(C(=O)OC2c3ccccc3-c3ccccc32)c1)c1ccccc1. The zero-order valence-electron chi connectivity index (χ0n) is 36.8. The number of ketones is 1. The van der Waals surface area contributed by atoms with Crippen molar-refractivity contribution in [3.8, 4) is 11.1 Å². The molecule has 0 radical (unpaired) electrons. The predicted octanol–water partition coefficient (Wildman–Crippen LogP) is 10.0. The highest BCUT2D eigenvalue weighted by atomic mass is 19.2. The van der Waals surface area contributed by atoms with E-state index in [1.807, 2.05) is 66.7 Å². The highest BCUT2D eigenvalue weighted by Gasteiger charge is 2.52. The molecule has 0 bridgehead atoms. The van der Waals surface area contributed by atoms with Gasteiger partial charge in [-0.15, -0.1) is 21.9 Å². The fraction of sp³-hybridized carbons (Fsp3) is 0.0400. The molecule has 1 aromatic heterocycles. The maximum atomic E-state index is 15.4. The van der Waals surface area contributed by atoms with Crippen molar-refractivity contribution in [1.82, 2.24) is 4.98 Å². The number of aromatic nitrogens is 2. The Labute approximate surface area is 410 Å². The van der Waals surface area contributed by atoms with Gasteiger partial charge in [0, 0.05) is 16.7 Å². The molecular weight excluding hydrogens is 1070 g/mol. The summed E-state index contributed by atoms with van der Waals surface area (Å²) in [6.07, 6.45) is -2.98. The molecule has 9 rings (SSSR count). The standard InChI is InChI=1S/C26H19N2O3.C24BF20/c29-24(18-8-2-1-3-9-18)17-28-15-14-27-23(16-28)26(30)31-25-21-12-6-4-10-19(21)20-11-5-7-13-22(20)25;26-5-1(6(27)14(35)21(42)13(5)34)25(2-7(28)15(36)22(43)16(37)8(2)29,3-9(30)17(38)23(44)18(39)10(3)31)4-11(32)19(40)24(45)20(41)12(4)33/h1-16,25H,17H2;/q+1;-1. The van der Waals surface area contributed by atoms with Gasteiger partial charge in [-0.25, -0.2) is 97.6 Å². The van der Waals surface area contributed by atoms with E-state index in [9.17, 15) is 62.3 Å². The van der Waals surface area contributed by atoms with E-state index in [1.54, 1.807) is 29.1 Å². The molecule has 7 aromatic carbocycles. The summed E-state index contributed by atoms with van der Waals surface area (Å²) >= 11 is 0. The van der Waals surface area contributed by atoms with Crippen LogP contribution in [0.25, 0.3) is 11.1 Å². The predicted molar refractivity (Wildman–Crippen MR) is 224 cm³/mol. The zero-order valence-corrected chi connectivity index (χ0v) is 36.8. The summed E-state index contributed by atoms with van der Waals surface area (Å²) in [5.74, 6) is -72.0. The lowest BCUT2D eigenvalue weighted by atomic mass is 9.12. The summed E-state index contributed by atoms with van der Waals surface area (Å²) in [6.45, 7) is 0.113. The number of nitrogens with zero attached hydrogens (tertiary/aromatic N) is 2. The van der Waals surface area contributed by atoms with Gasteiger partial charge >= 0.3 is 5.97 Å². The third-order valence-corrected chi connectivity index (χ3v) is 12.1. The normalized spacial score (nSPS) is 12.1. The Morgan fingerprint density at radius 3 is 1.07 bits per heavy atom. The largest absolute Gasteiger partial charge is 0.448 e. The van der Waals surface area contributed by atoms with Crippen molar-refractivity contribution in [2.24, 2.45) is 0 Å². The lowest BCUT2D eigenvalue weighted by Crippen LogP contribution is -2.81. The van der Waals surface area contributed by atoms with Gasteiger partial charge in [-0.05, 0) is 11.1 Å². The van der Waals surface area contributed by atoms with Crippen LogP contribution in [0.4, 0.5) is 87.8 Å². The summed E-state index contributed by atoms with van der Waals surface area (Å²) in [6, 6.07) is 24.9. The number of hydrogen-bond donors (Lipinski definition) is 0. The number of hydrogen-bond acceptors (Lipinski definition) is 4. The Kier molecular flexibility index (Phi) is 14.3. The maximum Gasteiger partial charge on any atom is 0.364 e. The molecule has 0 fully saturated rings. The summed E-state index contributed by atoms with van der Waals surface area (Å²) < 4.78 is 301. The van der Waals surface area contributed by atoms with Crippen molar-refractivity contribution in [3.63, 3.8) is 0 Å². The molecule has 0 amide bonds. The van der Waals surface area contributed by atoms with E-state index >= 15 is 35.1 Å². The molecule has 1 aliphatic carbocycles. The van der Waals surface area contributed by atoms with Crippen LogP contribution < -0.4 is 26.4 Å². The van der Waals surface area contributed by atoms with Gasteiger partial charge in [-0.1, -0.05) is 78.9 Å². The molecule has 1 aliphatic rings. The average Bonchev–Trinajstić information content (AvgIpc) is 3.73. The fourth-order valence-electron chi connectivity index (χ4n) is 8.80. The van der Waals surface area contributed by atoms with E-state index in [-0.39, 0.29) is 18.0 Å². The highest BCUT2D eigenvalue weighted by Crippen LogP contribution is 2.45. The molecular formula is C50H19BF20N2O3. The fourth-order valence-corrected chi connectivity index (χ4v) is 8.80. The van der Waals surface area contributed by atoms with E-state index in [4.69, 9.17) is 4.74 Å². The van der Waals surface area contributed by atoms with E-state index in [1.165, 1.54) is 6.20 Å². The first-order valence-corrected chi connectivity index (χ1v) is 21.0. The van der Waals surface area contributed by atoms with Crippen LogP contribution in [-0.4, -0.2) is 22.9 Å². The third-order valence-electron chi connectivity index (χ3n) is 12.1. The molecule has 0 saturated carbocycles. The number of halogens is 20. The molecule has 0 atom stereocenters. The summed E-state index contributed by atoms with van der Waals surface area (Å²) in [5.41, 5.74) is -9.49. The van der Waals surface area contributed by atoms with Crippen LogP contribution in [0.1, 0.15) is 38.1 Å². The number of rotatable bonds is 9. The van der Waals surface area contributed by atoms with Crippen molar-refractivity contribution < 1.29 is 107 Å². The van der Waals surface area contributed by atoms with Gasteiger partial charge < -0.3 is 4.74 Å². The molecule has 0 spiro atoms. The van der Waals surface area contributed by atoms with Gasteiger partial charge in [0.15, 0.2) is 82.1 Å². The Morgan fingerprint density at radius 1 is 0.421 bits per heavy atom. The smallest absolute Gasteiger partial charge is 0.364 e. The second-order valence-corrected chi connectivity index (χ2v) is 16.2. The van der Waals surface area contributed by atoms with Crippen molar-refractivity contribution in [2.75, 3.05) is 0 Å². The first-order valence-electron chi connectivity index (χ1n) is 21.0. The van der Waals surface area contributed by atoms with Crippen LogP contribution in [0.2, 0.25) is 0 Å². The quantitative estimate of drug-likeness (QED) is 0.0275. The average molecular weight is 1090 g/mol. The molecule has 0 aliphatic heterocycles. The van der Waals surface area contributed by atoms with Gasteiger partial charge in [-0.3, -0.25) is 4.79 Å². The lowest BCUT2D eigenvalue weighted by molar-refractivity contribution is -0.683. The van der Waals surface area contributed by atoms with Crippen LogP contribution >= 0.6 is 0 Å². The number of carbonyl (C=O) groups excluding carboxylic acids is 2. The number of carbonyl (C=O) groups is 2. The highest BCUT2D eigenvalue weighted by molar-refractivity contribution is 7.20. The molecule has 1 heterocycles. The van der Waals surface area contributed by atoms with Crippen molar-refractivity contribution in [1.29, 1.82) is 0 Å². The first-order chi connectivity index (χ1) is 35.9. The minimum Gasteiger partial charge on any atom is -0.448 e. The second-order valence-electron chi connectivity index (χ2n) is 16.2. The van der Waals surface area contributed by atoms with E-state index in [0.29, 0.717) is 5.56 Å². The molecule has 0 unspecified atom stereocenters. The maximum absolute atomic E-state index is 15.4. The lowest BCUT2D eigenvalue weighted by Gasteiger charge is -2.44. The minimum atomic E-state index is -7.22. The van der Waals surface area contributed by atoms with Gasteiger partial charge in [0.25, 0.3) is 0 Å². The molecule has 5 nitrogen and oxygen atoms in total. The van der Waals surface area contributed by atoms with Crippen molar-refractivity contribution in [3.05, 3.63) is 236 Å². The van der Waals surface area contributed by atoms with E-state index < -0.39 is 156 Å². The molecule has 76 heavy (non-hydrogen) atoms. The molecule has 8 aromatic rings. The summed E-state index contributed by atoms with van der Waals surface area (Å²) in [5, 5.41) is 0. The molecule has 0 N–H and O–H groups in total. The van der Waals surface area contributed by atoms with Gasteiger partial charge in [0.05, 0.1) is 6.20 Å². The number of Topliss-reactive ketones (excluding diaryl/α,β-unsaturated/α-hetero) is 1. The van der Waals surface area contributed by atoms with Gasteiger partial charge in [0.2, 0.25) is 24.2 Å². The van der Waals surface area contributed by atoms with Crippen LogP contribution in [-0.2, 0) is 11.3 Å². The molecule has 0 saturated heterocycles. The van der Waals surface area contributed by atoms with Crippen molar-refractivity contribution >= 4 is 39.7 Å². The minimum absolute atomic E-state index is 0.0465. The topological polar surface area (TPSA) is 60.1 Å². The van der Waals surface area contributed by atoms with Gasteiger partial charge in [0.1, 0.15) is 52.7 Å². The van der Waals surface area contributed by atoms with E-state index in [0.717, 1.165) is 22.3 Å². The monoisotopic (exact) mass is 1090 g/mol. The number of benzene rings is 7. The third kappa shape index (κ3) is 8.44. The second kappa shape index (κ2) is 20.3. The molecule has 390 valence electrons. The van der Waals surface area contributed by atoms with Gasteiger partial charge in [-0.2, -0.15) is 4.57 Å². The van der Waals surface area contributed by atoms with Crippen LogP contribution in [0.5, 0.6) is 0 Å². The van der Waals surface area contributed by atoms with Crippen molar-refractivity contribution in [2.45, 2.75) is 12.6 Å². The Hall–Kier alpha value is -8.58. The molecule has 26 heteroatoms. The number of fused-ring (bicyclic) bond motifs is 3. The zero-order chi connectivity index (χ0) is 55.6. The van der Waals surface area contributed by atoms with Crippen LogP contribution in [0.3, 0.4) is 0 Å². The Morgan fingerprint density at radius 2 is 0.724 bits per heavy atom. The Bertz CT molecular complexity index is 3310. The number of ether oxygens (including phenoxy) is 1. The van der Waals surface area contributed by atoms with E-state index in [2.05, 4.69) is 4.98 Å². The Balaban J connectivity index is 0.000000215. The number of esters is 1.